The number of benzene rings is 2. The van der Waals surface area contributed by atoms with Gasteiger partial charge in [-0.3, -0.25) is 9.69 Å². The quantitative estimate of drug-likeness (QED) is 0.482. The van der Waals surface area contributed by atoms with E-state index in [4.69, 9.17) is 9.47 Å². The number of nitrogens with one attached hydrogen (secondary N) is 1. The summed E-state index contributed by atoms with van der Waals surface area (Å²) in [5.74, 6) is 0.600. The summed E-state index contributed by atoms with van der Waals surface area (Å²) in [6.07, 6.45) is 0.706. The van der Waals surface area contributed by atoms with Gasteiger partial charge >= 0.3 is 0 Å². The third-order valence-corrected chi connectivity index (χ3v) is 5.23. The van der Waals surface area contributed by atoms with Crippen LogP contribution >= 0.6 is 15.9 Å². The van der Waals surface area contributed by atoms with Crippen molar-refractivity contribution >= 4 is 27.5 Å². The van der Waals surface area contributed by atoms with Gasteiger partial charge in [0.15, 0.2) is 0 Å². The van der Waals surface area contributed by atoms with Gasteiger partial charge in [-0.25, -0.2) is 5.43 Å². The minimum atomic E-state index is -0.230. The van der Waals surface area contributed by atoms with Crippen molar-refractivity contribution in [2.45, 2.75) is 13.3 Å². The van der Waals surface area contributed by atoms with Crippen molar-refractivity contribution < 1.29 is 14.3 Å². The third-order valence-electron chi connectivity index (χ3n) is 4.70. The number of morpholine rings is 1. The predicted molar refractivity (Wildman–Crippen MR) is 118 cm³/mol. The van der Waals surface area contributed by atoms with Gasteiger partial charge < -0.3 is 9.47 Å². The molecule has 0 aromatic heterocycles. The van der Waals surface area contributed by atoms with E-state index in [1.54, 1.807) is 12.1 Å². The van der Waals surface area contributed by atoms with Crippen molar-refractivity contribution in [3.63, 3.8) is 0 Å². The van der Waals surface area contributed by atoms with Gasteiger partial charge in [0.1, 0.15) is 12.4 Å². The zero-order chi connectivity index (χ0) is 20.5. The van der Waals surface area contributed by atoms with Gasteiger partial charge in [0.25, 0.3) is 5.91 Å². The number of hydrogen-bond donors (Lipinski definition) is 1. The van der Waals surface area contributed by atoms with Crippen molar-refractivity contribution in [2.24, 2.45) is 5.10 Å². The second-order valence-corrected chi connectivity index (χ2v) is 7.60. The molecule has 1 amide bonds. The molecule has 1 fully saturated rings. The number of rotatable bonds is 8. The number of hydrazone groups is 1. The minimum Gasteiger partial charge on any atom is -0.492 e. The van der Waals surface area contributed by atoms with Gasteiger partial charge in [-0.2, -0.15) is 5.10 Å². The summed E-state index contributed by atoms with van der Waals surface area (Å²) < 4.78 is 12.1. The Kier molecular flexibility index (Phi) is 8.22. The molecule has 0 saturated carbocycles. The fraction of sp³-hybridized carbons (Fsp3) is 0.364. The first-order chi connectivity index (χ1) is 14.2. The highest BCUT2D eigenvalue weighted by Crippen LogP contribution is 2.14. The average molecular weight is 460 g/mol. The van der Waals surface area contributed by atoms with Gasteiger partial charge in [0, 0.05) is 29.7 Å². The maximum absolute atomic E-state index is 12.2. The molecular formula is C22H26BrN3O3. The summed E-state index contributed by atoms with van der Waals surface area (Å²) in [5.41, 5.74) is 4.98. The molecule has 1 heterocycles. The topological polar surface area (TPSA) is 63.2 Å². The van der Waals surface area contributed by atoms with Crippen LogP contribution in [0.1, 0.15) is 29.3 Å². The van der Waals surface area contributed by atoms with E-state index in [1.807, 2.05) is 43.3 Å². The Morgan fingerprint density at radius 3 is 2.41 bits per heavy atom. The van der Waals surface area contributed by atoms with Crippen molar-refractivity contribution in [3.8, 4) is 5.75 Å². The molecule has 0 bridgehead atoms. The molecule has 2 aromatic carbocycles. The van der Waals surface area contributed by atoms with Crippen LogP contribution in [0, 0.1) is 0 Å². The average Bonchev–Trinajstić information content (AvgIpc) is 2.76. The second-order valence-electron chi connectivity index (χ2n) is 6.69. The summed E-state index contributed by atoms with van der Waals surface area (Å²) in [5, 5.41) is 4.31. The maximum Gasteiger partial charge on any atom is 0.271 e. The van der Waals surface area contributed by atoms with E-state index >= 15 is 0 Å². The third kappa shape index (κ3) is 6.66. The van der Waals surface area contributed by atoms with Crippen LogP contribution in [0.4, 0.5) is 0 Å². The highest BCUT2D eigenvalue weighted by molar-refractivity contribution is 9.10. The summed E-state index contributed by atoms with van der Waals surface area (Å²) in [6, 6.07) is 15.0. The monoisotopic (exact) mass is 459 g/mol. The van der Waals surface area contributed by atoms with E-state index in [1.165, 1.54) is 0 Å². The SMILES string of the molecule is CC/C(=N\NC(=O)c1ccc(Br)cc1)c1ccc(OCCN2CCOCC2)cc1. The summed E-state index contributed by atoms with van der Waals surface area (Å²) in [4.78, 5) is 14.6. The second kappa shape index (κ2) is 11.1. The molecule has 0 radical (unpaired) electrons. The Morgan fingerprint density at radius 2 is 1.76 bits per heavy atom. The molecule has 2 aromatic rings. The van der Waals surface area contributed by atoms with Gasteiger partial charge in [-0.1, -0.05) is 22.9 Å². The smallest absolute Gasteiger partial charge is 0.271 e. The Labute approximate surface area is 180 Å². The van der Waals surface area contributed by atoms with Crippen LogP contribution in [0.3, 0.4) is 0 Å². The zero-order valence-corrected chi connectivity index (χ0v) is 18.2. The summed E-state index contributed by atoms with van der Waals surface area (Å²) in [7, 11) is 0. The van der Waals surface area contributed by atoms with Crippen molar-refractivity contribution in [3.05, 3.63) is 64.1 Å². The van der Waals surface area contributed by atoms with Crippen LogP contribution in [-0.4, -0.2) is 56.0 Å². The van der Waals surface area contributed by atoms with E-state index < -0.39 is 0 Å². The van der Waals surface area contributed by atoms with Crippen LogP contribution in [0.5, 0.6) is 5.75 Å². The van der Waals surface area contributed by atoms with E-state index in [2.05, 4.69) is 31.4 Å². The molecule has 7 heteroatoms. The number of halogens is 1. The Morgan fingerprint density at radius 1 is 1.10 bits per heavy atom. The van der Waals surface area contributed by atoms with Crippen molar-refractivity contribution in [1.82, 2.24) is 10.3 Å². The first-order valence-electron chi connectivity index (χ1n) is 9.81. The first kappa shape index (κ1) is 21.5. The van der Waals surface area contributed by atoms with Gasteiger partial charge in [-0.15, -0.1) is 0 Å². The van der Waals surface area contributed by atoms with Gasteiger partial charge in [-0.05, 0) is 60.5 Å². The van der Waals surface area contributed by atoms with E-state index in [9.17, 15) is 4.79 Å². The molecule has 0 aliphatic carbocycles. The number of amides is 1. The van der Waals surface area contributed by atoms with Crippen molar-refractivity contribution in [2.75, 3.05) is 39.5 Å². The zero-order valence-electron chi connectivity index (χ0n) is 16.6. The molecule has 1 aliphatic heterocycles. The van der Waals surface area contributed by atoms with Crippen molar-refractivity contribution in [1.29, 1.82) is 0 Å². The molecule has 1 aliphatic rings. The number of ether oxygens (including phenoxy) is 2. The lowest BCUT2D eigenvalue weighted by atomic mass is 10.1. The van der Waals surface area contributed by atoms with Crippen LogP contribution in [-0.2, 0) is 4.74 Å². The Balaban J connectivity index is 1.52. The normalized spacial score (nSPS) is 15.2. The van der Waals surface area contributed by atoms with Crippen LogP contribution < -0.4 is 10.2 Å². The molecule has 29 heavy (non-hydrogen) atoms. The van der Waals surface area contributed by atoms with Gasteiger partial charge in [0.05, 0.1) is 18.9 Å². The molecule has 1 saturated heterocycles. The number of carbonyl (C=O) groups excluding carboxylic acids is 1. The summed E-state index contributed by atoms with van der Waals surface area (Å²) >= 11 is 3.36. The summed E-state index contributed by atoms with van der Waals surface area (Å²) in [6.45, 7) is 7.08. The predicted octanol–water partition coefficient (Wildman–Crippen LogP) is 3.70. The molecular weight excluding hydrogens is 434 g/mol. The minimum absolute atomic E-state index is 0.230. The van der Waals surface area contributed by atoms with Crippen LogP contribution in [0.2, 0.25) is 0 Å². The molecule has 1 N–H and O–H groups in total. The Hall–Kier alpha value is -2.22. The number of nitrogens with zero attached hydrogens (tertiary/aromatic N) is 2. The molecule has 6 nitrogen and oxygen atoms in total. The largest absolute Gasteiger partial charge is 0.492 e. The maximum atomic E-state index is 12.2. The first-order valence-corrected chi connectivity index (χ1v) is 10.6. The fourth-order valence-electron chi connectivity index (χ4n) is 2.99. The van der Waals surface area contributed by atoms with E-state index in [-0.39, 0.29) is 5.91 Å². The lowest BCUT2D eigenvalue weighted by molar-refractivity contribution is 0.0322. The number of carbonyl (C=O) groups is 1. The van der Waals surface area contributed by atoms with E-state index in [0.717, 1.165) is 54.3 Å². The van der Waals surface area contributed by atoms with Crippen LogP contribution in [0.25, 0.3) is 0 Å². The van der Waals surface area contributed by atoms with E-state index in [0.29, 0.717) is 18.6 Å². The molecule has 154 valence electrons. The molecule has 0 unspecified atom stereocenters. The Bertz CT molecular complexity index is 816. The number of hydrogen-bond acceptors (Lipinski definition) is 5. The standard InChI is InChI=1S/C22H26BrN3O3/c1-2-21(24-25-22(27)18-3-7-19(23)8-4-18)17-5-9-20(10-6-17)29-16-13-26-11-14-28-15-12-26/h3-10H,2,11-16H2,1H3,(H,25,27)/b24-21+. The fourth-order valence-corrected chi connectivity index (χ4v) is 3.26. The van der Waals surface area contributed by atoms with Crippen LogP contribution in [0.15, 0.2) is 58.1 Å². The highest BCUT2D eigenvalue weighted by atomic mass is 79.9. The molecule has 0 atom stereocenters. The lowest BCUT2D eigenvalue weighted by Gasteiger charge is -2.26. The molecule has 3 rings (SSSR count). The van der Waals surface area contributed by atoms with Gasteiger partial charge in [0.2, 0.25) is 0 Å². The molecule has 0 spiro atoms. The highest BCUT2D eigenvalue weighted by Gasteiger charge is 2.10. The lowest BCUT2D eigenvalue weighted by Crippen LogP contribution is -2.38.